The molecule has 0 saturated heterocycles. The summed E-state index contributed by atoms with van der Waals surface area (Å²) in [6.45, 7) is 0. The number of carbonyl (C=O) groups excluding carboxylic acids is 1. The molecule has 76 valence electrons. The van der Waals surface area contributed by atoms with E-state index in [0.29, 0.717) is 0 Å². The molecule has 0 aromatic carbocycles. The Balaban J connectivity index is 0. The minimum absolute atomic E-state index is 0.0213. The molecule has 0 saturated carbocycles. The zero-order chi connectivity index (χ0) is 10.9. The minimum atomic E-state index is -1.11. The van der Waals surface area contributed by atoms with Gasteiger partial charge in [-0.3, -0.25) is 9.59 Å². The molecule has 13 heavy (non-hydrogen) atoms. The molecule has 0 aromatic heterocycles. The molecular formula is C5H11N3O5. The van der Waals surface area contributed by atoms with Crippen LogP contribution in [0.15, 0.2) is 5.34 Å². The molecule has 0 spiro atoms. The molecule has 0 bridgehead atoms. The second-order valence-corrected chi connectivity index (χ2v) is 2.03. The van der Waals surface area contributed by atoms with E-state index in [1.807, 2.05) is 0 Å². The topological polar surface area (TPSA) is 156 Å². The highest BCUT2D eigenvalue weighted by atomic mass is 16.6. The third-order valence-electron chi connectivity index (χ3n) is 1.02. The number of rotatable bonds is 4. The smallest absolute Gasteiger partial charge is 0.320 e. The van der Waals surface area contributed by atoms with Crippen LogP contribution in [0.3, 0.4) is 0 Å². The molecule has 0 aliphatic rings. The number of nitrogens with two attached hydrogens (primary N) is 2. The average Bonchev–Trinajstić information content (AvgIpc) is 2.01. The minimum Gasteiger partial charge on any atom is -0.480 e. The number of carboxylic acids is 1. The maximum Gasteiger partial charge on any atom is 0.320 e. The molecule has 0 fully saturated rings. The van der Waals surface area contributed by atoms with Gasteiger partial charge in [0, 0.05) is 6.42 Å². The van der Waals surface area contributed by atoms with Crippen LogP contribution in [0.2, 0.25) is 0 Å². The van der Waals surface area contributed by atoms with Crippen molar-refractivity contribution in [2.75, 3.05) is 0 Å². The van der Waals surface area contributed by atoms with Gasteiger partial charge in [-0.25, -0.2) is 0 Å². The van der Waals surface area contributed by atoms with Crippen molar-refractivity contribution < 1.29 is 19.9 Å². The molecule has 8 nitrogen and oxygen atoms in total. The predicted molar refractivity (Wildman–Crippen MR) is 41.6 cm³/mol. The van der Waals surface area contributed by atoms with Crippen LogP contribution in [0.1, 0.15) is 12.8 Å². The van der Waals surface area contributed by atoms with Gasteiger partial charge in [0.1, 0.15) is 6.04 Å². The molecule has 1 amide bonds. The first-order valence-corrected chi connectivity index (χ1v) is 3.19. The van der Waals surface area contributed by atoms with Crippen molar-refractivity contribution in [3.05, 3.63) is 4.91 Å². The fourth-order valence-electron chi connectivity index (χ4n) is 0.421. The van der Waals surface area contributed by atoms with Crippen molar-refractivity contribution >= 4 is 11.9 Å². The van der Waals surface area contributed by atoms with Crippen molar-refractivity contribution in [2.45, 2.75) is 18.9 Å². The molecular weight excluding hydrogens is 182 g/mol. The molecule has 1 atom stereocenters. The summed E-state index contributed by atoms with van der Waals surface area (Å²) in [5.74, 6) is -1.64. The van der Waals surface area contributed by atoms with Crippen LogP contribution in [0.5, 0.6) is 0 Å². The standard InChI is InChI=1S/C5H10N2O3.HNO2/c6-3(5(9)10)1-2-4(7)8;2-1-3/h3H,1-2,6H2,(H2,7,8)(H,9,10);(H,2,3). The van der Waals surface area contributed by atoms with E-state index >= 15 is 0 Å². The maximum atomic E-state index is 10.1. The molecule has 0 aromatic rings. The molecule has 0 heterocycles. The van der Waals surface area contributed by atoms with Crippen LogP contribution in [0, 0.1) is 4.91 Å². The fourth-order valence-corrected chi connectivity index (χ4v) is 0.421. The zero-order valence-electron chi connectivity index (χ0n) is 6.71. The van der Waals surface area contributed by atoms with Gasteiger partial charge in [0.15, 0.2) is 5.34 Å². The van der Waals surface area contributed by atoms with Gasteiger partial charge in [0.2, 0.25) is 5.91 Å². The van der Waals surface area contributed by atoms with Crippen molar-refractivity contribution in [1.29, 1.82) is 0 Å². The number of carboxylic acid groups (broad SMARTS) is 1. The monoisotopic (exact) mass is 193 g/mol. The summed E-state index contributed by atoms with van der Waals surface area (Å²) in [7, 11) is 0. The van der Waals surface area contributed by atoms with Crippen LogP contribution in [0.4, 0.5) is 0 Å². The Morgan fingerprint density at radius 3 is 2.08 bits per heavy atom. The van der Waals surface area contributed by atoms with Crippen LogP contribution in [0.25, 0.3) is 0 Å². The lowest BCUT2D eigenvalue weighted by Crippen LogP contribution is -2.31. The van der Waals surface area contributed by atoms with Gasteiger partial charge in [0.25, 0.3) is 0 Å². The predicted octanol–water partition coefficient (Wildman–Crippen LogP) is -1.19. The molecule has 0 radical (unpaired) electrons. The number of carbonyl (C=O) groups is 2. The highest BCUT2D eigenvalue weighted by Crippen LogP contribution is 1.92. The van der Waals surface area contributed by atoms with E-state index in [9.17, 15) is 9.59 Å². The van der Waals surface area contributed by atoms with Crippen LogP contribution in [-0.2, 0) is 9.59 Å². The third kappa shape index (κ3) is 13.3. The van der Waals surface area contributed by atoms with Gasteiger partial charge in [-0.1, -0.05) is 0 Å². The SMILES string of the molecule is NC(=O)CCC(N)C(=O)O.O=NO. The molecule has 0 rings (SSSR count). The Hall–Kier alpha value is -1.70. The van der Waals surface area contributed by atoms with E-state index in [-0.39, 0.29) is 12.8 Å². The number of primary amides is 1. The largest absolute Gasteiger partial charge is 0.480 e. The van der Waals surface area contributed by atoms with Gasteiger partial charge in [0.05, 0.1) is 0 Å². The number of hydrogen-bond acceptors (Lipinski definition) is 5. The lowest BCUT2D eigenvalue weighted by molar-refractivity contribution is -0.138. The average molecular weight is 193 g/mol. The summed E-state index contributed by atoms with van der Waals surface area (Å²) in [6.07, 6.45) is 0.123. The summed E-state index contributed by atoms with van der Waals surface area (Å²) >= 11 is 0. The first-order chi connectivity index (χ1) is 5.95. The Bertz CT molecular complexity index is 183. The fraction of sp³-hybridized carbons (Fsp3) is 0.600. The van der Waals surface area contributed by atoms with Gasteiger partial charge >= 0.3 is 5.97 Å². The molecule has 6 N–H and O–H groups in total. The quantitative estimate of drug-likeness (QED) is 0.324. The molecule has 0 aliphatic carbocycles. The molecule has 1 unspecified atom stereocenters. The Kier molecular flexibility index (Phi) is 8.95. The maximum absolute atomic E-state index is 10.1. The van der Waals surface area contributed by atoms with E-state index < -0.39 is 17.9 Å². The van der Waals surface area contributed by atoms with Gasteiger partial charge in [-0.05, 0) is 6.42 Å². The first-order valence-electron chi connectivity index (χ1n) is 3.19. The van der Waals surface area contributed by atoms with Gasteiger partial charge in [-0.15, -0.1) is 4.91 Å². The number of hydrogen-bond donors (Lipinski definition) is 4. The summed E-state index contributed by atoms with van der Waals surface area (Å²) in [6, 6.07) is -0.979. The number of nitrogens with zero attached hydrogens (tertiary/aromatic N) is 1. The van der Waals surface area contributed by atoms with Gasteiger partial charge in [-0.2, -0.15) is 0 Å². The number of amides is 1. The summed E-state index contributed by atoms with van der Waals surface area (Å²) in [4.78, 5) is 28.2. The van der Waals surface area contributed by atoms with E-state index in [1.165, 1.54) is 5.34 Å². The highest BCUT2D eigenvalue weighted by Gasteiger charge is 2.11. The van der Waals surface area contributed by atoms with Gasteiger partial charge < -0.3 is 21.8 Å². The van der Waals surface area contributed by atoms with E-state index in [0.717, 1.165) is 0 Å². The lowest BCUT2D eigenvalue weighted by Gasteiger charge is -2.01. The van der Waals surface area contributed by atoms with Crippen molar-refractivity contribution in [3.63, 3.8) is 0 Å². The molecule has 8 heteroatoms. The third-order valence-corrected chi connectivity index (χ3v) is 1.02. The summed E-state index contributed by atoms with van der Waals surface area (Å²) in [5.41, 5.74) is 9.81. The van der Waals surface area contributed by atoms with Crippen molar-refractivity contribution in [1.82, 2.24) is 0 Å². The Morgan fingerprint density at radius 1 is 1.46 bits per heavy atom. The normalized spacial score (nSPS) is 10.5. The summed E-state index contributed by atoms with van der Waals surface area (Å²) in [5, 5.41) is 16.1. The van der Waals surface area contributed by atoms with Crippen molar-refractivity contribution in [2.24, 2.45) is 16.8 Å². The van der Waals surface area contributed by atoms with Crippen molar-refractivity contribution in [3.8, 4) is 0 Å². The second kappa shape index (κ2) is 8.40. The zero-order valence-corrected chi connectivity index (χ0v) is 6.71. The van der Waals surface area contributed by atoms with Crippen LogP contribution in [-0.4, -0.2) is 28.2 Å². The Morgan fingerprint density at radius 2 is 1.85 bits per heavy atom. The lowest BCUT2D eigenvalue weighted by atomic mass is 10.2. The second-order valence-electron chi connectivity index (χ2n) is 2.03. The van der Waals surface area contributed by atoms with Crippen LogP contribution >= 0.6 is 0 Å². The Labute approximate surface area is 73.4 Å². The van der Waals surface area contributed by atoms with E-state index in [4.69, 9.17) is 26.7 Å². The first kappa shape index (κ1) is 13.9. The summed E-state index contributed by atoms with van der Waals surface area (Å²) < 4.78 is 0. The molecule has 0 aliphatic heterocycles. The highest BCUT2D eigenvalue weighted by molar-refractivity contribution is 5.76. The van der Waals surface area contributed by atoms with Crippen LogP contribution < -0.4 is 11.5 Å². The van der Waals surface area contributed by atoms with E-state index in [1.54, 1.807) is 0 Å². The number of aliphatic carboxylic acids is 1. The van der Waals surface area contributed by atoms with E-state index in [2.05, 4.69) is 0 Å².